The second-order valence-electron chi connectivity index (χ2n) is 10.5. The second-order valence-corrected chi connectivity index (χ2v) is 10.5. The van der Waals surface area contributed by atoms with Crippen molar-refractivity contribution in [2.45, 2.75) is 62.5 Å². The summed E-state index contributed by atoms with van der Waals surface area (Å²) < 4.78 is 101. The Morgan fingerprint density at radius 1 is 0.773 bits per heavy atom. The van der Waals surface area contributed by atoms with Crippen LogP contribution in [0.4, 0.5) is 26.3 Å². The van der Waals surface area contributed by atoms with Gasteiger partial charge in [-0.2, -0.15) is 36.9 Å². The van der Waals surface area contributed by atoms with Crippen molar-refractivity contribution >= 4 is 12.4 Å². The molecule has 2 aromatic heterocycles. The molecule has 2 unspecified atom stereocenters. The summed E-state index contributed by atoms with van der Waals surface area (Å²) in [5, 5.41) is 18.1. The monoisotopic (exact) mass is 648 g/mol. The van der Waals surface area contributed by atoms with Crippen LogP contribution < -0.4 is 9.47 Å². The zero-order valence-corrected chi connectivity index (χ0v) is 24.2. The molecule has 2 aromatic rings. The van der Waals surface area contributed by atoms with Gasteiger partial charge in [-0.1, -0.05) is 0 Å². The van der Waals surface area contributed by atoms with Crippen molar-refractivity contribution in [3.8, 4) is 23.9 Å². The number of hydrogen-bond acceptors (Lipinski definition) is 9. The van der Waals surface area contributed by atoms with Crippen LogP contribution in [-0.2, 0) is 4.74 Å². The number of rotatable bonds is 10. The van der Waals surface area contributed by atoms with Crippen LogP contribution in [-0.4, -0.2) is 95.8 Å². The van der Waals surface area contributed by atoms with E-state index in [0.717, 1.165) is 0 Å². The van der Waals surface area contributed by atoms with E-state index in [2.05, 4.69) is 9.97 Å². The van der Waals surface area contributed by atoms with E-state index < -0.39 is 49.9 Å². The summed E-state index contributed by atoms with van der Waals surface area (Å²) in [7, 11) is 0. The first-order valence-corrected chi connectivity index (χ1v) is 13.7. The molecule has 2 aliphatic rings. The van der Waals surface area contributed by atoms with Crippen molar-refractivity contribution in [1.29, 1.82) is 10.5 Å². The largest absolute Gasteiger partial charge is 0.473 e. The molecule has 0 bridgehead atoms. The fraction of sp³-hybridized carbons (Fsp3) is 0.571. The van der Waals surface area contributed by atoms with Crippen LogP contribution in [0.5, 0.6) is 11.8 Å². The Kier molecular flexibility index (Phi) is 12.4. The van der Waals surface area contributed by atoms with E-state index in [-0.39, 0.29) is 50.3 Å². The minimum absolute atomic E-state index is 0. The first-order valence-electron chi connectivity index (χ1n) is 13.7. The molecule has 4 heterocycles. The molecule has 0 aromatic carbocycles. The number of halogens is 7. The number of nitrogens with zero attached hydrogens (tertiary/aromatic N) is 6. The Morgan fingerprint density at radius 2 is 1.18 bits per heavy atom. The van der Waals surface area contributed by atoms with Crippen LogP contribution in [0.25, 0.3) is 0 Å². The molecular formula is C28H31ClF6N6O3. The van der Waals surface area contributed by atoms with Gasteiger partial charge in [-0.25, -0.2) is 9.97 Å². The third kappa shape index (κ3) is 10.4. The predicted molar refractivity (Wildman–Crippen MR) is 146 cm³/mol. The minimum Gasteiger partial charge on any atom is -0.473 e. The summed E-state index contributed by atoms with van der Waals surface area (Å²) in [4.78, 5) is 10.8. The lowest BCUT2D eigenvalue weighted by atomic mass is 10.1. The van der Waals surface area contributed by atoms with Gasteiger partial charge < -0.3 is 14.2 Å². The fourth-order valence-corrected chi connectivity index (χ4v) is 5.09. The average Bonchev–Trinajstić information content (AvgIpc) is 2.96. The van der Waals surface area contributed by atoms with Crippen LogP contribution in [0.2, 0.25) is 0 Å². The standard InChI is InChI=1S/C28H30F6N6O3.ClH/c29-27(30,31)23(17-39-9-1-3-21(15-39)41-25-11-19(13-35)5-7-37-25)43-24(28(32,33)34)18-40-10-2-4-22(16-40)42-26-12-20(14-36)6-8-38-26;/h5-8,11-12,21-24H,1-4,9-10,15-18H2;1H/t21?,22?,23-,24-;/m0./s1. The van der Waals surface area contributed by atoms with Crippen LogP contribution in [0.3, 0.4) is 0 Å². The molecule has 9 nitrogen and oxygen atoms in total. The van der Waals surface area contributed by atoms with Crippen molar-refractivity contribution in [1.82, 2.24) is 19.8 Å². The maximum Gasteiger partial charge on any atom is 0.415 e. The third-order valence-corrected chi connectivity index (χ3v) is 7.13. The number of alkyl halides is 6. The third-order valence-electron chi connectivity index (χ3n) is 7.13. The van der Waals surface area contributed by atoms with Crippen LogP contribution in [0, 0.1) is 22.7 Å². The molecule has 0 saturated carbocycles. The number of ether oxygens (including phenoxy) is 3. The highest BCUT2D eigenvalue weighted by Gasteiger charge is 2.50. The zero-order chi connectivity index (χ0) is 31.0. The molecular weight excluding hydrogens is 618 g/mol. The number of nitriles is 2. The molecule has 240 valence electrons. The summed E-state index contributed by atoms with van der Waals surface area (Å²) in [6.07, 6.45) is -11.9. The fourth-order valence-electron chi connectivity index (χ4n) is 5.09. The summed E-state index contributed by atoms with van der Waals surface area (Å²) in [6, 6.07) is 9.66. The number of pyridine rings is 2. The van der Waals surface area contributed by atoms with E-state index in [1.54, 1.807) is 0 Å². The van der Waals surface area contributed by atoms with Gasteiger partial charge in [0.05, 0.1) is 23.3 Å². The molecule has 4 atom stereocenters. The average molecular weight is 649 g/mol. The van der Waals surface area contributed by atoms with Gasteiger partial charge in [0.25, 0.3) is 0 Å². The van der Waals surface area contributed by atoms with Gasteiger partial charge in [0.15, 0.2) is 12.2 Å². The van der Waals surface area contributed by atoms with Crippen molar-refractivity contribution in [2.75, 3.05) is 39.3 Å². The van der Waals surface area contributed by atoms with Gasteiger partial charge in [-0.05, 0) is 50.9 Å². The molecule has 4 rings (SSSR count). The molecule has 2 saturated heterocycles. The SMILES string of the molecule is Cl.N#Cc1ccnc(OC2CCCN(C[C@H](O[C@@H](CN3CCCC(Oc4cc(C#N)ccn4)C3)C(F)(F)F)C(F)(F)F)C2)c1. The van der Waals surface area contributed by atoms with Gasteiger partial charge in [0.2, 0.25) is 11.8 Å². The van der Waals surface area contributed by atoms with Crippen molar-refractivity contribution in [2.24, 2.45) is 0 Å². The van der Waals surface area contributed by atoms with E-state index >= 15 is 0 Å². The summed E-state index contributed by atoms with van der Waals surface area (Å²) in [5.74, 6) is 0.285. The lowest BCUT2D eigenvalue weighted by Gasteiger charge is -2.38. The Balaban J connectivity index is 0.00000529. The van der Waals surface area contributed by atoms with Crippen molar-refractivity contribution in [3.05, 3.63) is 47.8 Å². The first kappa shape index (κ1) is 35.1. The quantitative estimate of drug-likeness (QED) is 0.332. The highest BCUT2D eigenvalue weighted by molar-refractivity contribution is 5.85. The van der Waals surface area contributed by atoms with Crippen LogP contribution in [0.15, 0.2) is 36.7 Å². The van der Waals surface area contributed by atoms with Gasteiger partial charge in [0, 0.05) is 50.7 Å². The highest BCUT2D eigenvalue weighted by Crippen LogP contribution is 2.32. The lowest BCUT2D eigenvalue weighted by molar-refractivity contribution is -0.291. The molecule has 2 aliphatic heterocycles. The van der Waals surface area contributed by atoms with E-state index in [0.29, 0.717) is 36.8 Å². The predicted octanol–water partition coefficient (Wildman–Crippen LogP) is 4.91. The zero-order valence-electron chi connectivity index (χ0n) is 23.4. The Labute approximate surface area is 256 Å². The molecule has 0 radical (unpaired) electrons. The van der Waals surface area contributed by atoms with E-state index in [1.165, 1.54) is 46.5 Å². The van der Waals surface area contributed by atoms with Gasteiger partial charge in [0.1, 0.15) is 12.2 Å². The van der Waals surface area contributed by atoms with E-state index in [4.69, 9.17) is 24.7 Å². The summed E-state index contributed by atoms with van der Waals surface area (Å²) in [5.41, 5.74) is 0.607. The summed E-state index contributed by atoms with van der Waals surface area (Å²) in [6.45, 7) is -1.09. The Hall–Kier alpha value is -3.37. The normalized spacial score (nSPS) is 21.3. The topological polar surface area (TPSA) is 108 Å². The number of piperidine rings is 2. The molecule has 2 fully saturated rings. The van der Waals surface area contributed by atoms with Crippen LogP contribution >= 0.6 is 12.4 Å². The molecule has 0 amide bonds. The van der Waals surface area contributed by atoms with Gasteiger partial charge in [-0.3, -0.25) is 9.80 Å². The highest BCUT2D eigenvalue weighted by atomic mass is 35.5. The first-order chi connectivity index (χ1) is 20.4. The number of likely N-dealkylation sites (tertiary alicyclic amines) is 2. The molecule has 0 N–H and O–H groups in total. The van der Waals surface area contributed by atoms with Gasteiger partial charge >= 0.3 is 12.4 Å². The van der Waals surface area contributed by atoms with Gasteiger partial charge in [-0.15, -0.1) is 12.4 Å². The Morgan fingerprint density at radius 3 is 1.55 bits per heavy atom. The minimum atomic E-state index is -5.05. The lowest BCUT2D eigenvalue weighted by Crippen LogP contribution is -2.54. The van der Waals surface area contributed by atoms with E-state index in [1.807, 2.05) is 12.1 Å². The number of hydrogen-bond donors (Lipinski definition) is 0. The molecule has 44 heavy (non-hydrogen) atoms. The smallest absolute Gasteiger partial charge is 0.415 e. The number of aromatic nitrogens is 2. The van der Waals surface area contributed by atoms with Crippen molar-refractivity contribution < 1.29 is 40.6 Å². The van der Waals surface area contributed by atoms with E-state index in [9.17, 15) is 26.3 Å². The molecule has 0 aliphatic carbocycles. The maximum absolute atomic E-state index is 14.0. The second kappa shape index (κ2) is 15.6. The van der Waals surface area contributed by atoms with Crippen molar-refractivity contribution in [3.63, 3.8) is 0 Å². The van der Waals surface area contributed by atoms with Crippen LogP contribution in [0.1, 0.15) is 36.8 Å². The maximum atomic E-state index is 14.0. The summed E-state index contributed by atoms with van der Waals surface area (Å²) >= 11 is 0. The molecule has 0 spiro atoms. The Bertz CT molecular complexity index is 1210. The molecule has 16 heteroatoms.